The van der Waals surface area contributed by atoms with E-state index in [2.05, 4.69) is 10.3 Å². The Morgan fingerprint density at radius 1 is 1.33 bits per heavy atom. The Balaban J connectivity index is 1.51. The Morgan fingerprint density at radius 3 is 2.96 bits per heavy atom. The molecule has 0 spiro atoms. The third-order valence-corrected chi connectivity index (χ3v) is 6.24. The van der Waals surface area contributed by atoms with Crippen LogP contribution in [0.25, 0.3) is 10.2 Å². The smallest absolute Gasteiger partial charge is 0.262 e. The Hall–Kier alpha value is -2.25. The summed E-state index contributed by atoms with van der Waals surface area (Å²) in [6.45, 7) is 0.219. The van der Waals surface area contributed by atoms with Gasteiger partial charge in [-0.25, -0.2) is 9.37 Å². The largest absolute Gasteiger partial charge is 0.325 e. The van der Waals surface area contributed by atoms with E-state index in [1.807, 2.05) is 0 Å². The summed E-state index contributed by atoms with van der Waals surface area (Å²) >= 11 is 7.52. The minimum atomic E-state index is -0.469. The molecule has 1 aromatic carbocycles. The van der Waals surface area contributed by atoms with Gasteiger partial charge in [-0.1, -0.05) is 11.6 Å². The van der Waals surface area contributed by atoms with Crippen LogP contribution in [0.15, 0.2) is 29.3 Å². The number of nitrogens with zero attached hydrogens (tertiary/aromatic N) is 2. The van der Waals surface area contributed by atoms with Crippen LogP contribution in [0.3, 0.4) is 0 Å². The summed E-state index contributed by atoms with van der Waals surface area (Å²) in [7, 11) is 0. The first-order valence-electron chi connectivity index (χ1n) is 8.77. The van der Waals surface area contributed by atoms with Crippen molar-refractivity contribution in [3.63, 3.8) is 0 Å². The average Bonchev–Trinajstić information content (AvgIpc) is 3.03. The van der Waals surface area contributed by atoms with Crippen molar-refractivity contribution in [2.45, 2.75) is 38.6 Å². The highest BCUT2D eigenvalue weighted by Crippen LogP contribution is 2.33. The second kappa shape index (κ2) is 7.40. The van der Waals surface area contributed by atoms with Crippen LogP contribution in [0, 0.1) is 5.82 Å². The first-order chi connectivity index (χ1) is 13.0. The van der Waals surface area contributed by atoms with Gasteiger partial charge >= 0.3 is 0 Å². The van der Waals surface area contributed by atoms with Crippen LogP contribution in [0.1, 0.15) is 29.7 Å². The van der Waals surface area contributed by atoms with Crippen LogP contribution >= 0.6 is 22.9 Å². The molecule has 4 rings (SSSR count). The van der Waals surface area contributed by atoms with Crippen molar-refractivity contribution < 1.29 is 9.18 Å². The maximum atomic E-state index is 13.1. The Labute approximate surface area is 163 Å². The molecular formula is C19H17ClFN3O2S. The lowest BCUT2D eigenvalue weighted by Crippen LogP contribution is -2.24. The van der Waals surface area contributed by atoms with Gasteiger partial charge in [0.1, 0.15) is 10.6 Å². The minimum Gasteiger partial charge on any atom is -0.325 e. The van der Waals surface area contributed by atoms with Crippen LogP contribution in [0.5, 0.6) is 0 Å². The zero-order valence-corrected chi connectivity index (χ0v) is 16.0. The van der Waals surface area contributed by atoms with E-state index < -0.39 is 5.82 Å². The van der Waals surface area contributed by atoms with Gasteiger partial charge in [0.05, 0.1) is 22.4 Å². The van der Waals surface area contributed by atoms with E-state index in [-0.39, 0.29) is 29.5 Å². The van der Waals surface area contributed by atoms with Crippen LogP contribution in [0.4, 0.5) is 10.1 Å². The number of hydrogen-bond donors (Lipinski definition) is 1. The van der Waals surface area contributed by atoms with Gasteiger partial charge in [-0.05, 0) is 49.4 Å². The molecule has 8 heteroatoms. The van der Waals surface area contributed by atoms with Crippen molar-refractivity contribution in [1.29, 1.82) is 0 Å². The number of rotatable bonds is 4. The molecule has 0 saturated carbocycles. The second-order valence-corrected chi connectivity index (χ2v) is 8.05. The van der Waals surface area contributed by atoms with Crippen LogP contribution in [-0.4, -0.2) is 15.5 Å². The number of benzene rings is 1. The lowest BCUT2D eigenvalue weighted by molar-refractivity contribution is -0.116. The zero-order valence-electron chi connectivity index (χ0n) is 14.4. The molecule has 0 unspecified atom stereocenters. The molecule has 0 aliphatic heterocycles. The van der Waals surface area contributed by atoms with Gasteiger partial charge in [0, 0.05) is 17.8 Å². The predicted octanol–water partition coefficient (Wildman–Crippen LogP) is 4.16. The Kier molecular flexibility index (Phi) is 4.97. The number of amides is 1. The second-order valence-electron chi connectivity index (χ2n) is 6.56. The third-order valence-electron chi connectivity index (χ3n) is 4.73. The summed E-state index contributed by atoms with van der Waals surface area (Å²) in [6, 6.07) is 3.77. The first-order valence-corrected chi connectivity index (χ1v) is 9.97. The fourth-order valence-electron chi connectivity index (χ4n) is 3.37. The number of fused-ring (bicyclic) bond motifs is 3. The van der Waals surface area contributed by atoms with E-state index >= 15 is 0 Å². The lowest BCUT2D eigenvalue weighted by atomic mass is 9.97. The topological polar surface area (TPSA) is 64.0 Å². The number of thiophene rings is 1. The van der Waals surface area contributed by atoms with Crippen molar-refractivity contribution in [3.8, 4) is 0 Å². The molecule has 27 heavy (non-hydrogen) atoms. The number of halogens is 2. The average molecular weight is 406 g/mol. The number of hydrogen-bond acceptors (Lipinski definition) is 4. The molecule has 0 atom stereocenters. The summed E-state index contributed by atoms with van der Waals surface area (Å²) < 4.78 is 14.6. The molecule has 0 bridgehead atoms. The lowest BCUT2D eigenvalue weighted by Gasteiger charge is -2.11. The Morgan fingerprint density at radius 2 is 2.15 bits per heavy atom. The fourth-order valence-corrected chi connectivity index (χ4v) is 4.80. The maximum absolute atomic E-state index is 13.1. The Bertz CT molecular complexity index is 1090. The summed E-state index contributed by atoms with van der Waals surface area (Å²) in [6.07, 6.45) is 5.77. The standard InChI is InChI=1S/C19H17ClFN3O2S/c20-13-9-11(21)5-6-14(13)23-16(25)7-8-24-10-22-18-17(19(24)26)12-3-1-2-4-15(12)27-18/h5-6,9-10H,1-4,7-8H2,(H,23,25). The van der Waals surface area contributed by atoms with Crippen LogP contribution in [0.2, 0.25) is 5.02 Å². The maximum Gasteiger partial charge on any atom is 0.262 e. The molecule has 2 aromatic heterocycles. The molecular weight excluding hydrogens is 389 g/mol. The van der Waals surface area contributed by atoms with Gasteiger partial charge in [-0.2, -0.15) is 0 Å². The predicted molar refractivity (Wildman–Crippen MR) is 105 cm³/mol. The minimum absolute atomic E-state index is 0.0904. The van der Waals surface area contributed by atoms with E-state index in [1.165, 1.54) is 27.9 Å². The summed E-state index contributed by atoms with van der Waals surface area (Å²) in [5, 5.41) is 3.48. The molecule has 1 aliphatic carbocycles. The highest BCUT2D eigenvalue weighted by molar-refractivity contribution is 7.18. The SMILES string of the molecule is O=C(CCn1cnc2sc3c(c2c1=O)CCCC3)Nc1ccc(F)cc1Cl. The monoisotopic (exact) mass is 405 g/mol. The summed E-state index contributed by atoms with van der Waals surface area (Å²) in [5.74, 6) is -0.772. The van der Waals surface area contributed by atoms with Crippen LogP contribution < -0.4 is 10.9 Å². The van der Waals surface area contributed by atoms with Gasteiger partial charge in [0.15, 0.2) is 0 Å². The van der Waals surface area contributed by atoms with E-state index in [0.717, 1.165) is 42.1 Å². The molecule has 5 nitrogen and oxygen atoms in total. The van der Waals surface area contributed by atoms with E-state index in [0.29, 0.717) is 11.1 Å². The number of aryl methyl sites for hydroxylation is 3. The quantitative estimate of drug-likeness (QED) is 0.708. The van der Waals surface area contributed by atoms with Crippen molar-refractivity contribution >= 4 is 44.7 Å². The molecule has 0 fully saturated rings. The summed E-state index contributed by atoms with van der Waals surface area (Å²) in [5.41, 5.74) is 1.39. The number of carbonyl (C=O) groups excluding carboxylic acids is 1. The van der Waals surface area contributed by atoms with Crippen molar-refractivity contribution in [2.24, 2.45) is 0 Å². The van der Waals surface area contributed by atoms with E-state index in [4.69, 9.17) is 11.6 Å². The molecule has 1 amide bonds. The molecule has 1 aliphatic rings. The van der Waals surface area contributed by atoms with Crippen LogP contribution in [-0.2, 0) is 24.2 Å². The van der Waals surface area contributed by atoms with Gasteiger partial charge in [-0.3, -0.25) is 14.2 Å². The normalized spacial score (nSPS) is 13.6. The van der Waals surface area contributed by atoms with Gasteiger partial charge < -0.3 is 5.32 Å². The molecule has 0 radical (unpaired) electrons. The molecule has 2 heterocycles. The zero-order chi connectivity index (χ0) is 19.0. The van der Waals surface area contributed by atoms with Gasteiger partial charge in [0.25, 0.3) is 5.56 Å². The molecule has 3 aromatic rings. The highest BCUT2D eigenvalue weighted by atomic mass is 35.5. The summed E-state index contributed by atoms with van der Waals surface area (Å²) in [4.78, 5) is 31.5. The van der Waals surface area contributed by atoms with Gasteiger partial charge in [0.2, 0.25) is 5.91 Å². The number of anilines is 1. The number of aromatic nitrogens is 2. The van der Waals surface area contributed by atoms with Gasteiger partial charge in [-0.15, -0.1) is 11.3 Å². The molecule has 140 valence electrons. The molecule has 1 N–H and O–H groups in total. The molecule has 0 saturated heterocycles. The van der Waals surface area contributed by atoms with Crippen molar-refractivity contribution in [3.05, 3.63) is 56.2 Å². The number of nitrogens with one attached hydrogen (secondary N) is 1. The fraction of sp³-hybridized carbons (Fsp3) is 0.316. The highest BCUT2D eigenvalue weighted by Gasteiger charge is 2.20. The van der Waals surface area contributed by atoms with Crippen molar-refractivity contribution in [2.75, 3.05) is 5.32 Å². The first kappa shape index (κ1) is 18.1. The number of carbonyl (C=O) groups is 1. The van der Waals surface area contributed by atoms with E-state index in [1.54, 1.807) is 11.3 Å². The third kappa shape index (κ3) is 3.61. The van der Waals surface area contributed by atoms with Crippen molar-refractivity contribution in [1.82, 2.24) is 9.55 Å². The van der Waals surface area contributed by atoms with E-state index in [9.17, 15) is 14.0 Å².